The molecule has 0 atom stereocenters. The van der Waals surface area contributed by atoms with Crippen LogP contribution >= 0.6 is 0 Å². The lowest BCUT2D eigenvalue weighted by Gasteiger charge is -2.08. The van der Waals surface area contributed by atoms with Crippen LogP contribution in [0, 0.1) is 0 Å². The largest absolute Gasteiger partial charge is 0.508 e. The summed E-state index contributed by atoms with van der Waals surface area (Å²) in [4.78, 5) is 0. The highest BCUT2D eigenvalue weighted by Crippen LogP contribution is 2.16. The first kappa shape index (κ1) is 9.39. The fourth-order valence-corrected chi connectivity index (χ4v) is 0.826. The molecule has 1 rings (SSSR count). The standard InChI is InChI=1S/C11H13NO/c1-8(2)9(3)12-10-4-6-11(13)7-5-10/h4-7,12-13H,1,3H2,2H3. The molecule has 2 heteroatoms. The van der Waals surface area contributed by atoms with Crippen LogP contribution in [0.4, 0.5) is 5.69 Å². The molecular weight excluding hydrogens is 162 g/mol. The molecule has 0 aromatic heterocycles. The summed E-state index contributed by atoms with van der Waals surface area (Å²) in [6.07, 6.45) is 0. The van der Waals surface area contributed by atoms with Crippen molar-refractivity contribution in [2.45, 2.75) is 6.92 Å². The van der Waals surface area contributed by atoms with Gasteiger partial charge in [-0.15, -0.1) is 0 Å². The molecule has 0 fully saturated rings. The Bertz CT molecular complexity index is 324. The Morgan fingerprint density at radius 1 is 1.23 bits per heavy atom. The third-order valence-electron chi connectivity index (χ3n) is 1.68. The molecule has 0 aliphatic heterocycles. The zero-order chi connectivity index (χ0) is 9.84. The van der Waals surface area contributed by atoms with E-state index in [0.29, 0.717) is 0 Å². The number of hydrogen-bond donors (Lipinski definition) is 2. The van der Waals surface area contributed by atoms with E-state index < -0.39 is 0 Å². The van der Waals surface area contributed by atoms with Crippen molar-refractivity contribution in [1.82, 2.24) is 0 Å². The normalized spacial score (nSPS) is 9.31. The number of rotatable bonds is 3. The second-order valence-corrected chi connectivity index (χ2v) is 2.93. The van der Waals surface area contributed by atoms with E-state index in [4.69, 9.17) is 5.11 Å². The van der Waals surface area contributed by atoms with Crippen molar-refractivity contribution >= 4 is 5.69 Å². The third-order valence-corrected chi connectivity index (χ3v) is 1.68. The second-order valence-electron chi connectivity index (χ2n) is 2.93. The second kappa shape index (κ2) is 3.81. The predicted molar refractivity (Wildman–Crippen MR) is 55.7 cm³/mol. The van der Waals surface area contributed by atoms with Gasteiger partial charge in [0.25, 0.3) is 0 Å². The number of aromatic hydroxyl groups is 1. The first-order chi connectivity index (χ1) is 6.09. The summed E-state index contributed by atoms with van der Waals surface area (Å²) < 4.78 is 0. The van der Waals surface area contributed by atoms with Crippen molar-refractivity contribution in [2.24, 2.45) is 0 Å². The molecule has 0 unspecified atom stereocenters. The Kier molecular flexibility index (Phi) is 2.75. The summed E-state index contributed by atoms with van der Waals surface area (Å²) in [5.41, 5.74) is 2.57. The Morgan fingerprint density at radius 3 is 2.23 bits per heavy atom. The van der Waals surface area contributed by atoms with Crippen molar-refractivity contribution in [2.75, 3.05) is 5.32 Å². The van der Waals surface area contributed by atoms with Crippen LogP contribution in [-0.4, -0.2) is 5.11 Å². The smallest absolute Gasteiger partial charge is 0.115 e. The average Bonchev–Trinajstić information content (AvgIpc) is 2.08. The topological polar surface area (TPSA) is 32.3 Å². The highest BCUT2D eigenvalue weighted by molar-refractivity contribution is 5.53. The third kappa shape index (κ3) is 2.67. The first-order valence-corrected chi connectivity index (χ1v) is 4.00. The van der Waals surface area contributed by atoms with Gasteiger partial charge in [-0.25, -0.2) is 0 Å². The van der Waals surface area contributed by atoms with Gasteiger partial charge in [0.05, 0.1) is 0 Å². The van der Waals surface area contributed by atoms with E-state index in [1.54, 1.807) is 24.3 Å². The van der Waals surface area contributed by atoms with Gasteiger partial charge in [-0.2, -0.15) is 0 Å². The van der Waals surface area contributed by atoms with Gasteiger partial charge in [0, 0.05) is 11.4 Å². The molecule has 68 valence electrons. The summed E-state index contributed by atoms with van der Waals surface area (Å²) in [6.45, 7) is 9.44. The maximum atomic E-state index is 9.03. The Hall–Kier alpha value is -1.70. The molecule has 0 saturated carbocycles. The highest BCUT2D eigenvalue weighted by atomic mass is 16.3. The number of benzene rings is 1. The molecule has 1 aromatic rings. The van der Waals surface area contributed by atoms with Crippen molar-refractivity contribution in [3.8, 4) is 5.75 Å². The summed E-state index contributed by atoms with van der Waals surface area (Å²) in [7, 11) is 0. The van der Waals surface area contributed by atoms with Crippen LogP contribution in [0.3, 0.4) is 0 Å². The molecule has 0 spiro atoms. The van der Waals surface area contributed by atoms with Crippen LogP contribution in [-0.2, 0) is 0 Å². The van der Waals surface area contributed by atoms with Gasteiger partial charge in [-0.3, -0.25) is 0 Å². The quantitative estimate of drug-likeness (QED) is 0.547. The van der Waals surface area contributed by atoms with Gasteiger partial charge in [0.1, 0.15) is 5.75 Å². The predicted octanol–water partition coefficient (Wildman–Crippen LogP) is 2.89. The molecule has 0 amide bonds. The van der Waals surface area contributed by atoms with E-state index in [9.17, 15) is 0 Å². The van der Waals surface area contributed by atoms with Crippen LogP contribution in [0.2, 0.25) is 0 Å². The summed E-state index contributed by atoms with van der Waals surface area (Å²) in [5, 5.41) is 12.1. The Labute approximate surface area is 78.2 Å². The maximum absolute atomic E-state index is 9.03. The van der Waals surface area contributed by atoms with Gasteiger partial charge in [-0.1, -0.05) is 13.2 Å². The van der Waals surface area contributed by atoms with Crippen molar-refractivity contribution in [3.05, 3.63) is 48.7 Å². The van der Waals surface area contributed by atoms with Crippen LogP contribution in [0.15, 0.2) is 48.7 Å². The molecule has 13 heavy (non-hydrogen) atoms. The van der Waals surface area contributed by atoms with Crippen molar-refractivity contribution in [3.63, 3.8) is 0 Å². The van der Waals surface area contributed by atoms with Gasteiger partial charge in [0.15, 0.2) is 0 Å². The Balaban J connectivity index is 2.70. The van der Waals surface area contributed by atoms with E-state index in [1.165, 1.54) is 0 Å². The molecule has 0 bridgehead atoms. The molecule has 2 N–H and O–H groups in total. The number of nitrogens with one attached hydrogen (secondary N) is 1. The Morgan fingerprint density at radius 2 is 1.77 bits per heavy atom. The van der Waals surface area contributed by atoms with Crippen LogP contribution in [0.1, 0.15) is 6.92 Å². The fraction of sp³-hybridized carbons (Fsp3) is 0.0909. The minimum Gasteiger partial charge on any atom is -0.508 e. The fourth-order valence-electron chi connectivity index (χ4n) is 0.826. The molecule has 0 heterocycles. The molecule has 1 aromatic carbocycles. The van der Waals surface area contributed by atoms with E-state index >= 15 is 0 Å². The van der Waals surface area contributed by atoms with Gasteiger partial charge >= 0.3 is 0 Å². The van der Waals surface area contributed by atoms with Gasteiger partial charge < -0.3 is 10.4 Å². The minimum atomic E-state index is 0.256. The number of phenols is 1. The van der Waals surface area contributed by atoms with Gasteiger partial charge in [-0.05, 0) is 36.8 Å². The number of allylic oxidation sites excluding steroid dienone is 1. The van der Waals surface area contributed by atoms with Crippen LogP contribution in [0.5, 0.6) is 5.75 Å². The van der Waals surface area contributed by atoms with Crippen LogP contribution in [0.25, 0.3) is 0 Å². The van der Waals surface area contributed by atoms with Crippen molar-refractivity contribution < 1.29 is 5.11 Å². The molecule has 0 aliphatic carbocycles. The van der Waals surface area contributed by atoms with Gasteiger partial charge in [0.2, 0.25) is 0 Å². The lowest BCUT2D eigenvalue weighted by Crippen LogP contribution is -1.97. The molecular formula is C11H13NO. The van der Waals surface area contributed by atoms with E-state index in [1.807, 2.05) is 6.92 Å². The lowest BCUT2D eigenvalue weighted by atomic mass is 10.2. The van der Waals surface area contributed by atoms with E-state index in [2.05, 4.69) is 18.5 Å². The molecule has 0 radical (unpaired) electrons. The number of anilines is 1. The lowest BCUT2D eigenvalue weighted by molar-refractivity contribution is 0.475. The van der Waals surface area contributed by atoms with E-state index in [0.717, 1.165) is 17.0 Å². The number of hydrogen-bond acceptors (Lipinski definition) is 2. The zero-order valence-corrected chi connectivity index (χ0v) is 7.67. The molecule has 2 nitrogen and oxygen atoms in total. The van der Waals surface area contributed by atoms with Crippen LogP contribution < -0.4 is 5.32 Å². The summed E-state index contributed by atoms with van der Waals surface area (Å²) >= 11 is 0. The number of phenolic OH excluding ortho intramolecular Hbond substituents is 1. The first-order valence-electron chi connectivity index (χ1n) is 4.00. The highest BCUT2D eigenvalue weighted by Gasteiger charge is 1.95. The SMILES string of the molecule is C=C(C)C(=C)Nc1ccc(O)cc1. The monoisotopic (exact) mass is 175 g/mol. The summed E-state index contributed by atoms with van der Waals surface area (Å²) in [5.74, 6) is 0.256. The molecule has 0 saturated heterocycles. The molecule has 0 aliphatic rings. The zero-order valence-electron chi connectivity index (χ0n) is 7.67. The summed E-state index contributed by atoms with van der Waals surface area (Å²) in [6, 6.07) is 6.80. The van der Waals surface area contributed by atoms with Crippen molar-refractivity contribution in [1.29, 1.82) is 0 Å². The maximum Gasteiger partial charge on any atom is 0.115 e. The average molecular weight is 175 g/mol. The minimum absolute atomic E-state index is 0.256. The van der Waals surface area contributed by atoms with E-state index in [-0.39, 0.29) is 5.75 Å².